The molecule has 0 atom stereocenters. The van der Waals surface area contributed by atoms with Gasteiger partial charge in [-0.3, -0.25) is 4.99 Å². The van der Waals surface area contributed by atoms with Crippen LogP contribution in [-0.4, -0.2) is 35.0 Å². The third-order valence-corrected chi connectivity index (χ3v) is 3.64. The van der Waals surface area contributed by atoms with E-state index in [0.29, 0.717) is 6.54 Å². The number of pyridine rings is 1. The molecule has 3 heterocycles. The monoisotopic (exact) mass is 325 g/mol. The highest BCUT2D eigenvalue weighted by molar-refractivity contribution is 5.79. The van der Waals surface area contributed by atoms with Crippen molar-refractivity contribution in [3.05, 3.63) is 60.4 Å². The molecule has 3 aromatic heterocycles. The van der Waals surface area contributed by atoms with Gasteiger partial charge in [-0.1, -0.05) is 6.07 Å². The van der Waals surface area contributed by atoms with Gasteiger partial charge in [0, 0.05) is 44.9 Å². The molecule has 2 N–H and O–H groups in total. The van der Waals surface area contributed by atoms with Crippen molar-refractivity contribution in [1.29, 1.82) is 0 Å². The molecule has 3 aromatic rings. The number of aliphatic imine (C=N–C) groups is 1. The van der Waals surface area contributed by atoms with E-state index in [1.807, 2.05) is 40.9 Å². The lowest BCUT2D eigenvalue weighted by atomic mass is 10.3. The van der Waals surface area contributed by atoms with Gasteiger partial charge in [0.05, 0.1) is 12.0 Å². The molecule has 0 unspecified atom stereocenters. The predicted molar refractivity (Wildman–Crippen MR) is 95.3 cm³/mol. The van der Waals surface area contributed by atoms with Crippen molar-refractivity contribution in [2.45, 2.75) is 19.8 Å². The van der Waals surface area contributed by atoms with Gasteiger partial charge in [-0.05, 0) is 31.2 Å². The van der Waals surface area contributed by atoms with Gasteiger partial charge < -0.3 is 19.5 Å². The fourth-order valence-electron chi connectivity index (χ4n) is 2.49. The van der Waals surface area contributed by atoms with Gasteiger partial charge in [0.25, 0.3) is 0 Å². The Hall–Kier alpha value is -2.76. The Labute approximate surface area is 141 Å². The van der Waals surface area contributed by atoms with Crippen molar-refractivity contribution in [3.8, 4) is 0 Å². The first kappa shape index (κ1) is 16.1. The summed E-state index contributed by atoms with van der Waals surface area (Å²) in [4.78, 5) is 9.17. The van der Waals surface area contributed by atoms with E-state index in [1.165, 1.54) is 0 Å². The lowest BCUT2D eigenvalue weighted by molar-refractivity contribution is 0.510. The van der Waals surface area contributed by atoms with E-state index >= 15 is 0 Å². The van der Waals surface area contributed by atoms with Crippen LogP contribution in [0.3, 0.4) is 0 Å². The van der Waals surface area contributed by atoms with Crippen LogP contribution in [0.15, 0.2) is 58.4 Å². The number of furan rings is 1. The number of nitrogens with one attached hydrogen (secondary N) is 2. The molecule has 0 aromatic carbocycles. The zero-order valence-corrected chi connectivity index (χ0v) is 13.9. The first-order valence-corrected chi connectivity index (χ1v) is 8.32. The van der Waals surface area contributed by atoms with Crippen LogP contribution in [0.25, 0.3) is 5.65 Å². The predicted octanol–water partition coefficient (Wildman–Crippen LogP) is 2.27. The molecule has 0 aliphatic heterocycles. The second-order valence-electron chi connectivity index (χ2n) is 5.47. The molecule has 0 saturated heterocycles. The third kappa shape index (κ3) is 4.38. The maximum atomic E-state index is 5.32. The quantitative estimate of drug-likeness (QED) is 0.516. The Morgan fingerprint density at radius 1 is 1.21 bits per heavy atom. The molecule has 126 valence electrons. The molecular weight excluding hydrogens is 302 g/mol. The van der Waals surface area contributed by atoms with E-state index in [9.17, 15) is 0 Å². The number of guanidine groups is 1. The first-order valence-electron chi connectivity index (χ1n) is 8.32. The number of fused-ring (bicyclic) bond motifs is 1. The van der Waals surface area contributed by atoms with Crippen molar-refractivity contribution >= 4 is 11.6 Å². The van der Waals surface area contributed by atoms with Crippen molar-refractivity contribution in [2.24, 2.45) is 4.99 Å². The fraction of sp³-hybridized carbons (Fsp3) is 0.333. The standard InChI is InChI=1S/C18H23N5O/c1-2-19-18(21-11-9-16-6-5-13-24-16)20-10-8-15-14-23-12-4-3-7-17(23)22-15/h3-7,12-14H,2,8-11H2,1H3,(H2,19,20,21). The molecule has 0 spiro atoms. The van der Waals surface area contributed by atoms with Crippen LogP contribution < -0.4 is 10.6 Å². The highest BCUT2D eigenvalue weighted by Crippen LogP contribution is 2.04. The number of aromatic nitrogens is 2. The Morgan fingerprint density at radius 3 is 2.96 bits per heavy atom. The normalized spacial score (nSPS) is 11.8. The van der Waals surface area contributed by atoms with Crippen LogP contribution in [0.2, 0.25) is 0 Å². The van der Waals surface area contributed by atoms with Crippen molar-refractivity contribution in [3.63, 3.8) is 0 Å². The Kier molecular flexibility index (Phi) is 5.50. The number of hydrogen-bond acceptors (Lipinski definition) is 3. The zero-order chi connectivity index (χ0) is 16.6. The summed E-state index contributed by atoms with van der Waals surface area (Å²) < 4.78 is 7.36. The molecule has 6 heteroatoms. The van der Waals surface area contributed by atoms with Crippen LogP contribution in [0, 0.1) is 0 Å². The summed E-state index contributed by atoms with van der Waals surface area (Å²) in [5.41, 5.74) is 2.05. The minimum absolute atomic E-state index is 0.692. The minimum Gasteiger partial charge on any atom is -0.469 e. The Bertz CT molecular complexity index is 743. The van der Waals surface area contributed by atoms with E-state index in [-0.39, 0.29) is 0 Å². The second kappa shape index (κ2) is 8.19. The summed E-state index contributed by atoms with van der Waals surface area (Å²) in [6.07, 6.45) is 7.43. The van der Waals surface area contributed by atoms with Crippen LogP contribution in [-0.2, 0) is 12.8 Å². The van der Waals surface area contributed by atoms with E-state index in [4.69, 9.17) is 4.42 Å². The number of rotatable bonds is 7. The van der Waals surface area contributed by atoms with Gasteiger partial charge in [-0.25, -0.2) is 4.98 Å². The molecule has 0 bridgehead atoms. The molecule has 0 fully saturated rings. The molecule has 24 heavy (non-hydrogen) atoms. The molecule has 0 saturated carbocycles. The topological polar surface area (TPSA) is 66.9 Å². The van der Waals surface area contributed by atoms with Gasteiger partial charge in [0.15, 0.2) is 5.96 Å². The summed E-state index contributed by atoms with van der Waals surface area (Å²) in [6, 6.07) is 9.89. The summed E-state index contributed by atoms with van der Waals surface area (Å²) in [6.45, 7) is 4.38. The van der Waals surface area contributed by atoms with Crippen LogP contribution in [0.1, 0.15) is 18.4 Å². The molecule has 3 rings (SSSR count). The van der Waals surface area contributed by atoms with Crippen LogP contribution in [0.4, 0.5) is 0 Å². The molecule has 6 nitrogen and oxygen atoms in total. The van der Waals surface area contributed by atoms with Gasteiger partial charge in [-0.15, -0.1) is 0 Å². The highest BCUT2D eigenvalue weighted by Gasteiger charge is 2.02. The highest BCUT2D eigenvalue weighted by atomic mass is 16.3. The molecular formula is C18H23N5O. The summed E-state index contributed by atoms with van der Waals surface area (Å²) in [5.74, 6) is 1.78. The molecule has 0 aliphatic carbocycles. The average Bonchev–Trinajstić information content (AvgIpc) is 3.23. The SMILES string of the molecule is CCNC(=NCCc1ccco1)NCCc1cn2ccccc2n1. The first-order chi connectivity index (χ1) is 11.8. The van der Waals surface area contributed by atoms with Crippen LogP contribution >= 0.6 is 0 Å². The van der Waals surface area contributed by atoms with Crippen molar-refractivity contribution in [2.75, 3.05) is 19.6 Å². The number of imidazole rings is 1. The summed E-state index contributed by atoms with van der Waals surface area (Å²) in [7, 11) is 0. The fourth-order valence-corrected chi connectivity index (χ4v) is 2.49. The summed E-state index contributed by atoms with van der Waals surface area (Å²) in [5, 5.41) is 6.61. The molecule has 0 aliphatic rings. The van der Waals surface area contributed by atoms with E-state index in [0.717, 1.165) is 49.0 Å². The minimum atomic E-state index is 0.692. The second-order valence-corrected chi connectivity index (χ2v) is 5.47. The van der Waals surface area contributed by atoms with E-state index < -0.39 is 0 Å². The number of nitrogens with zero attached hydrogens (tertiary/aromatic N) is 3. The zero-order valence-electron chi connectivity index (χ0n) is 13.9. The molecule has 0 radical (unpaired) electrons. The Morgan fingerprint density at radius 2 is 2.17 bits per heavy atom. The Balaban J connectivity index is 1.49. The van der Waals surface area contributed by atoms with E-state index in [2.05, 4.69) is 33.7 Å². The molecule has 0 amide bonds. The van der Waals surface area contributed by atoms with Gasteiger partial charge in [0.2, 0.25) is 0 Å². The maximum Gasteiger partial charge on any atom is 0.191 e. The maximum absolute atomic E-state index is 5.32. The van der Waals surface area contributed by atoms with Crippen LogP contribution in [0.5, 0.6) is 0 Å². The number of hydrogen-bond donors (Lipinski definition) is 2. The smallest absolute Gasteiger partial charge is 0.191 e. The van der Waals surface area contributed by atoms with Gasteiger partial charge in [0.1, 0.15) is 11.4 Å². The van der Waals surface area contributed by atoms with Gasteiger partial charge >= 0.3 is 0 Å². The summed E-state index contributed by atoms with van der Waals surface area (Å²) >= 11 is 0. The van der Waals surface area contributed by atoms with Gasteiger partial charge in [-0.2, -0.15) is 0 Å². The van der Waals surface area contributed by atoms with Crippen molar-refractivity contribution in [1.82, 2.24) is 20.0 Å². The third-order valence-electron chi connectivity index (χ3n) is 3.64. The van der Waals surface area contributed by atoms with Crippen molar-refractivity contribution < 1.29 is 4.42 Å². The lowest BCUT2D eigenvalue weighted by Crippen LogP contribution is -2.38. The van der Waals surface area contributed by atoms with E-state index in [1.54, 1.807) is 6.26 Å². The average molecular weight is 325 g/mol. The lowest BCUT2D eigenvalue weighted by Gasteiger charge is -2.10. The largest absolute Gasteiger partial charge is 0.469 e.